The van der Waals surface area contributed by atoms with Crippen LogP contribution in [0.2, 0.25) is 0 Å². The lowest BCUT2D eigenvalue weighted by Gasteiger charge is -2.37. The zero-order valence-corrected chi connectivity index (χ0v) is 19.7. The number of fused-ring (bicyclic) bond motifs is 1. The predicted octanol–water partition coefficient (Wildman–Crippen LogP) is 4.15. The molecule has 5 rings (SSSR count). The lowest BCUT2D eigenvalue weighted by molar-refractivity contribution is -0.122. The molecule has 7 nitrogen and oxygen atoms in total. The molecule has 2 aromatic carbocycles. The normalized spacial score (nSPS) is 17.7. The van der Waals surface area contributed by atoms with Crippen molar-refractivity contribution >= 4 is 28.4 Å². The molecule has 35 heavy (non-hydrogen) atoms. The maximum absolute atomic E-state index is 13.3. The van der Waals surface area contributed by atoms with Crippen LogP contribution >= 0.6 is 0 Å². The van der Waals surface area contributed by atoms with E-state index in [0.29, 0.717) is 43.2 Å². The number of nitriles is 1. The summed E-state index contributed by atoms with van der Waals surface area (Å²) in [6.45, 7) is 2.73. The van der Waals surface area contributed by atoms with Gasteiger partial charge in [0.1, 0.15) is 11.5 Å². The minimum absolute atomic E-state index is 0.114. The van der Waals surface area contributed by atoms with Crippen LogP contribution in [0.25, 0.3) is 11.0 Å². The Morgan fingerprint density at radius 2 is 1.57 bits per heavy atom. The van der Waals surface area contributed by atoms with Gasteiger partial charge in [-0.15, -0.1) is 0 Å². The number of hydrogen-bond donors (Lipinski definition) is 1. The monoisotopic (exact) mass is 472 g/mol. The van der Waals surface area contributed by atoms with Gasteiger partial charge in [0.05, 0.1) is 17.1 Å². The SMILES string of the molecule is N#C[C@@H](C(=O)NC1CCCCC1)c1nc2ccccc2nc1N1CCN(c2ccc(F)cc2)CC1. The smallest absolute Gasteiger partial charge is 0.243 e. The third kappa shape index (κ3) is 5.04. The summed E-state index contributed by atoms with van der Waals surface area (Å²) in [5.74, 6) is -0.986. The molecule has 1 aliphatic heterocycles. The Morgan fingerprint density at radius 3 is 2.23 bits per heavy atom. The van der Waals surface area contributed by atoms with Gasteiger partial charge in [-0.25, -0.2) is 14.4 Å². The molecule has 8 heteroatoms. The molecule has 0 unspecified atom stereocenters. The van der Waals surface area contributed by atoms with Crippen molar-refractivity contribution in [1.82, 2.24) is 15.3 Å². The maximum atomic E-state index is 13.3. The standard InChI is InChI=1S/C27H29FN6O/c28-19-10-12-21(13-11-19)33-14-16-34(17-15-33)26-25(31-23-8-4-5-9-24(23)32-26)22(18-29)27(35)30-20-6-2-1-3-7-20/h4-5,8-13,20,22H,1-3,6-7,14-17H2,(H,30,35)/t22-/m1/s1. The molecule has 1 aliphatic carbocycles. The van der Waals surface area contributed by atoms with Crippen LogP contribution in [0, 0.1) is 17.1 Å². The maximum Gasteiger partial charge on any atom is 0.243 e. The van der Waals surface area contributed by atoms with Gasteiger partial charge in [-0.1, -0.05) is 31.4 Å². The number of hydrogen-bond acceptors (Lipinski definition) is 6. The second-order valence-corrected chi connectivity index (χ2v) is 9.28. The first-order chi connectivity index (χ1) is 17.1. The van der Waals surface area contributed by atoms with Crippen molar-refractivity contribution in [3.8, 4) is 6.07 Å². The molecule has 2 heterocycles. The van der Waals surface area contributed by atoms with Crippen LogP contribution in [0.4, 0.5) is 15.9 Å². The van der Waals surface area contributed by atoms with E-state index in [1.54, 1.807) is 12.1 Å². The Balaban J connectivity index is 1.41. The summed E-state index contributed by atoms with van der Waals surface area (Å²) in [5.41, 5.74) is 2.78. The van der Waals surface area contributed by atoms with Gasteiger partial charge in [0.2, 0.25) is 5.91 Å². The summed E-state index contributed by atoms with van der Waals surface area (Å²) in [7, 11) is 0. The number of aromatic nitrogens is 2. The average molecular weight is 473 g/mol. The minimum Gasteiger partial charge on any atom is -0.368 e. The van der Waals surface area contributed by atoms with E-state index in [1.807, 2.05) is 24.3 Å². The Hall–Kier alpha value is -3.73. The molecule has 0 spiro atoms. The topological polar surface area (TPSA) is 85.1 Å². The molecule has 1 saturated carbocycles. The first-order valence-corrected chi connectivity index (χ1v) is 12.3. The third-order valence-corrected chi connectivity index (χ3v) is 6.97. The van der Waals surface area contributed by atoms with E-state index in [4.69, 9.17) is 9.97 Å². The summed E-state index contributed by atoms with van der Waals surface area (Å²) >= 11 is 0. The quantitative estimate of drug-likeness (QED) is 0.601. The van der Waals surface area contributed by atoms with Gasteiger partial charge < -0.3 is 15.1 Å². The van der Waals surface area contributed by atoms with Gasteiger partial charge in [-0.2, -0.15) is 5.26 Å². The number of carbonyl (C=O) groups excluding carboxylic acids is 1. The second-order valence-electron chi connectivity index (χ2n) is 9.28. The van der Waals surface area contributed by atoms with Crippen LogP contribution in [0.3, 0.4) is 0 Å². The molecular formula is C27H29FN6O. The van der Waals surface area contributed by atoms with E-state index in [-0.39, 0.29) is 17.8 Å². The number of anilines is 2. The average Bonchev–Trinajstić information content (AvgIpc) is 2.90. The van der Waals surface area contributed by atoms with E-state index in [1.165, 1.54) is 18.6 Å². The number of halogens is 1. The minimum atomic E-state index is -1.03. The third-order valence-electron chi connectivity index (χ3n) is 6.97. The summed E-state index contributed by atoms with van der Waals surface area (Å²) in [6, 6.07) is 16.4. The highest BCUT2D eigenvalue weighted by atomic mass is 19.1. The fraction of sp³-hybridized carbons (Fsp3) is 0.407. The Bertz CT molecular complexity index is 1230. The van der Waals surface area contributed by atoms with Crippen molar-refractivity contribution in [3.63, 3.8) is 0 Å². The van der Waals surface area contributed by atoms with Crippen LogP contribution < -0.4 is 15.1 Å². The summed E-state index contributed by atoms with van der Waals surface area (Å²) in [4.78, 5) is 27.2. The first-order valence-electron chi connectivity index (χ1n) is 12.3. The molecule has 3 aromatic rings. The van der Waals surface area contributed by atoms with Crippen molar-refractivity contribution in [1.29, 1.82) is 5.26 Å². The van der Waals surface area contributed by atoms with Crippen molar-refractivity contribution in [2.45, 2.75) is 44.1 Å². The Morgan fingerprint density at radius 1 is 0.943 bits per heavy atom. The lowest BCUT2D eigenvalue weighted by Crippen LogP contribution is -2.47. The molecule has 0 radical (unpaired) electrons. The zero-order chi connectivity index (χ0) is 24.2. The van der Waals surface area contributed by atoms with Gasteiger partial charge in [0.25, 0.3) is 0 Å². The van der Waals surface area contributed by atoms with Crippen molar-refractivity contribution in [3.05, 3.63) is 60.0 Å². The molecule has 0 bridgehead atoms. The number of nitrogens with one attached hydrogen (secondary N) is 1. The van der Waals surface area contributed by atoms with Crippen LogP contribution in [0.5, 0.6) is 0 Å². The number of nitrogens with zero attached hydrogens (tertiary/aromatic N) is 5. The van der Waals surface area contributed by atoms with Crippen molar-refractivity contribution < 1.29 is 9.18 Å². The van der Waals surface area contributed by atoms with E-state index >= 15 is 0 Å². The molecule has 1 N–H and O–H groups in total. The van der Waals surface area contributed by atoms with Crippen LogP contribution in [-0.2, 0) is 4.79 Å². The van der Waals surface area contributed by atoms with Crippen LogP contribution in [0.1, 0.15) is 43.7 Å². The van der Waals surface area contributed by atoms with E-state index < -0.39 is 5.92 Å². The molecule has 180 valence electrons. The number of para-hydroxylation sites is 2. The van der Waals surface area contributed by atoms with Crippen molar-refractivity contribution in [2.24, 2.45) is 0 Å². The fourth-order valence-electron chi connectivity index (χ4n) is 5.03. The summed E-state index contributed by atoms with van der Waals surface area (Å²) in [5, 5.41) is 13.1. The van der Waals surface area contributed by atoms with Gasteiger partial charge in [-0.05, 0) is 49.2 Å². The molecule has 1 atom stereocenters. The number of rotatable bonds is 5. The van der Waals surface area contributed by atoms with E-state index in [9.17, 15) is 14.4 Å². The van der Waals surface area contributed by atoms with E-state index in [0.717, 1.165) is 36.9 Å². The number of amides is 1. The highest BCUT2D eigenvalue weighted by Gasteiger charge is 2.31. The molecule has 1 saturated heterocycles. The Kier molecular flexibility index (Phi) is 6.75. The first kappa shape index (κ1) is 23.0. The van der Waals surface area contributed by atoms with Crippen LogP contribution in [-0.4, -0.2) is 48.1 Å². The van der Waals surface area contributed by atoms with E-state index in [2.05, 4.69) is 21.2 Å². The molecule has 1 aromatic heterocycles. The number of benzene rings is 2. The number of piperazine rings is 1. The number of carbonyl (C=O) groups is 1. The van der Waals surface area contributed by atoms with Gasteiger partial charge in [0.15, 0.2) is 11.7 Å². The van der Waals surface area contributed by atoms with Gasteiger partial charge in [0, 0.05) is 37.9 Å². The second kappa shape index (κ2) is 10.3. The highest BCUT2D eigenvalue weighted by Crippen LogP contribution is 2.29. The lowest BCUT2D eigenvalue weighted by atomic mass is 9.94. The highest BCUT2D eigenvalue weighted by molar-refractivity contribution is 5.89. The van der Waals surface area contributed by atoms with Crippen LogP contribution in [0.15, 0.2) is 48.5 Å². The zero-order valence-electron chi connectivity index (χ0n) is 19.7. The van der Waals surface area contributed by atoms with Gasteiger partial charge >= 0.3 is 0 Å². The van der Waals surface area contributed by atoms with Crippen molar-refractivity contribution in [2.75, 3.05) is 36.0 Å². The summed E-state index contributed by atoms with van der Waals surface area (Å²) in [6.07, 6.45) is 5.29. The molecule has 2 aliphatic rings. The predicted molar refractivity (Wildman–Crippen MR) is 134 cm³/mol. The van der Waals surface area contributed by atoms with Gasteiger partial charge in [-0.3, -0.25) is 4.79 Å². The molecular weight excluding hydrogens is 443 g/mol. The largest absolute Gasteiger partial charge is 0.368 e. The molecule has 2 fully saturated rings. The molecule has 1 amide bonds. The fourth-order valence-corrected chi connectivity index (χ4v) is 5.03. The summed E-state index contributed by atoms with van der Waals surface area (Å²) < 4.78 is 13.3. The Labute approximate surface area is 204 Å².